The minimum atomic E-state index is -0.178. The number of amides is 2. The molecule has 186 valence electrons. The first-order valence-electron chi connectivity index (χ1n) is 13.2. The van der Waals surface area contributed by atoms with Crippen molar-refractivity contribution in [3.05, 3.63) is 42.0 Å². The molecule has 2 aliphatic heterocycles. The smallest absolute Gasteiger partial charge is 0.325 e. The van der Waals surface area contributed by atoms with Crippen LogP contribution in [0.1, 0.15) is 69.9 Å². The Kier molecular flexibility index (Phi) is 8.30. The fraction of sp³-hybridized carbons (Fsp3) is 0.643. The number of benzene rings is 1. The van der Waals surface area contributed by atoms with E-state index in [0.29, 0.717) is 25.4 Å². The van der Waals surface area contributed by atoms with Crippen LogP contribution in [0.3, 0.4) is 0 Å². The molecule has 2 fully saturated rings. The molecule has 6 nitrogen and oxygen atoms in total. The first-order chi connectivity index (χ1) is 16.5. The predicted octanol–water partition coefficient (Wildman–Crippen LogP) is 4.95. The summed E-state index contributed by atoms with van der Waals surface area (Å²) in [5.41, 5.74) is 3.69. The third kappa shape index (κ3) is 5.83. The zero-order valence-corrected chi connectivity index (χ0v) is 21.0. The van der Waals surface area contributed by atoms with Crippen LogP contribution in [0.15, 0.2) is 30.9 Å². The number of hydrogen-bond donors (Lipinski definition) is 0. The topological polar surface area (TPSA) is 53.1 Å². The van der Waals surface area contributed by atoms with Gasteiger partial charge >= 0.3 is 12.0 Å². The summed E-state index contributed by atoms with van der Waals surface area (Å²) in [6.07, 6.45) is 10.7. The van der Waals surface area contributed by atoms with Gasteiger partial charge in [-0.1, -0.05) is 31.4 Å². The second-order valence-electron chi connectivity index (χ2n) is 10.4. The van der Waals surface area contributed by atoms with Crippen molar-refractivity contribution in [1.82, 2.24) is 9.80 Å². The minimum Gasteiger partial charge on any atom is -0.463 e. The normalized spacial score (nSPS) is 22.1. The maximum absolute atomic E-state index is 13.7. The fourth-order valence-electron chi connectivity index (χ4n) is 5.80. The lowest BCUT2D eigenvalue weighted by molar-refractivity contribution is -0.147. The van der Waals surface area contributed by atoms with Crippen molar-refractivity contribution in [3.63, 3.8) is 0 Å². The largest absolute Gasteiger partial charge is 0.463 e. The Labute approximate surface area is 204 Å². The predicted molar refractivity (Wildman–Crippen MR) is 136 cm³/mol. The van der Waals surface area contributed by atoms with E-state index < -0.39 is 0 Å². The van der Waals surface area contributed by atoms with E-state index in [1.54, 1.807) is 0 Å². The molecule has 0 bridgehead atoms. The molecule has 1 saturated carbocycles. The summed E-state index contributed by atoms with van der Waals surface area (Å²) in [5.74, 6) is -0.178. The van der Waals surface area contributed by atoms with Gasteiger partial charge in [-0.05, 0) is 69.2 Å². The van der Waals surface area contributed by atoms with Crippen LogP contribution in [0.2, 0.25) is 0 Å². The van der Waals surface area contributed by atoms with Crippen LogP contribution in [0.25, 0.3) is 0 Å². The maximum atomic E-state index is 13.7. The van der Waals surface area contributed by atoms with Crippen LogP contribution in [0.5, 0.6) is 0 Å². The van der Waals surface area contributed by atoms with Crippen LogP contribution in [-0.2, 0) is 22.4 Å². The maximum Gasteiger partial charge on any atom is 0.325 e. The van der Waals surface area contributed by atoms with Crippen LogP contribution < -0.4 is 4.90 Å². The number of nitrogens with zero attached hydrogens (tertiary/aromatic N) is 3. The number of hydrogen-bond acceptors (Lipinski definition) is 4. The van der Waals surface area contributed by atoms with Crippen molar-refractivity contribution in [2.45, 2.75) is 89.8 Å². The van der Waals surface area contributed by atoms with E-state index in [1.165, 1.54) is 30.4 Å². The van der Waals surface area contributed by atoms with Crippen LogP contribution in [0, 0.1) is 0 Å². The summed E-state index contributed by atoms with van der Waals surface area (Å²) >= 11 is 0. The molecule has 0 N–H and O–H groups in total. The average Bonchev–Trinajstić information content (AvgIpc) is 3.02. The third-order valence-corrected chi connectivity index (χ3v) is 7.54. The van der Waals surface area contributed by atoms with Gasteiger partial charge in [-0.15, -0.1) is 6.58 Å². The van der Waals surface area contributed by atoms with Gasteiger partial charge in [0.1, 0.15) is 0 Å². The Morgan fingerprint density at radius 1 is 1.15 bits per heavy atom. The quantitative estimate of drug-likeness (QED) is 0.401. The average molecular weight is 468 g/mol. The molecule has 0 aromatic heterocycles. The van der Waals surface area contributed by atoms with E-state index in [-0.39, 0.29) is 24.1 Å². The molecule has 6 heteroatoms. The van der Waals surface area contributed by atoms with Crippen molar-refractivity contribution >= 4 is 17.7 Å². The molecule has 1 aromatic rings. The third-order valence-electron chi connectivity index (χ3n) is 7.54. The molecule has 2 heterocycles. The van der Waals surface area contributed by atoms with Gasteiger partial charge in [0.15, 0.2) is 0 Å². The summed E-state index contributed by atoms with van der Waals surface area (Å²) < 4.78 is 5.37. The number of urea groups is 1. The van der Waals surface area contributed by atoms with Crippen LogP contribution in [-0.4, -0.2) is 66.2 Å². The van der Waals surface area contributed by atoms with E-state index in [4.69, 9.17) is 4.74 Å². The standard InChI is InChI=1S/C28H41N3O3/c1-4-16-29-17-14-22-10-11-25(19-23(22)15-18-29)31-26(12-13-27(32)34-21(2)3)20-30(28(31)33)24-8-6-5-7-9-24/h4,10-11,19,21,24,26H,1,5-9,12-18,20H2,2-3H3. The molecular weight excluding hydrogens is 426 g/mol. The molecule has 34 heavy (non-hydrogen) atoms. The molecule has 2 amide bonds. The SMILES string of the molecule is C=CCN1CCc2ccc(N3C(=O)N(C4CCCCC4)CC3CCC(=O)OC(C)C)cc2CC1. The number of rotatable bonds is 8. The first-order valence-corrected chi connectivity index (χ1v) is 13.2. The lowest BCUT2D eigenvalue weighted by Crippen LogP contribution is -2.40. The Morgan fingerprint density at radius 2 is 1.88 bits per heavy atom. The molecule has 1 aromatic carbocycles. The lowest BCUT2D eigenvalue weighted by atomic mass is 9.94. The molecule has 1 saturated heterocycles. The van der Waals surface area contributed by atoms with E-state index in [1.807, 2.05) is 24.8 Å². The number of esters is 1. The Balaban J connectivity index is 1.54. The van der Waals surface area contributed by atoms with Gasteiger partial charge in [0, 0.05) is 44.3 Å². The Bertz CT molecular complexity index is 878. The summed E-state index contributed by atoms with van der Waals surface area (Å²) in [4.78, 5) is 32.5. The highest BCUT2D eigenvalue weighted by atomic mass is 16.5. The van der Waals surface area contributed by atoms with Crippen molar-refractivity contribution in [1.29, 1.82) is 0 Å². The molecule has 0 spiro atoms. The van der Waals surface area contributed by atoms with Gasteiger partial charge in [0.2, 0.25) is 0 Å². The van der Waals surface area contributed by atoms with Gasteiger partial charge in [0.25, 0.3) is 0 Å². The summed E-state index contributed by atoms with van der Waals surface area (Å²) in [5, 5.41) is 0. The number of fused-ring (bicyclic) bond motifs is 1. The first kappa shape index (κ1) is 24.8. The van der Waals surface area contributed by atoms with Gasteiger partial charge in [-0.2, -0.15) is 0 Å². The van der Waals surface area contributed by atoms with E-state index in [0.717, 1.165) is 51.0 Å². The fourth-order valence-corrected chi connectivity index (χ4v) is 5.80. The number of ether oxygens (including phenoxy) is 1. The lowest BCUT2D eigenvalue weighted by Gasteiger charge is -2.30. The van der Waals surface area contributed by atoms with Gasteiger partial charge in [-0.25, -0.2) is 4.79 Å². The zero-order valence-electron chi connectivity index (χ0n) is 21.0. The second-order valence-corrected chi connectivity index (χ2v) is 10.4. The highest BCUT2D eigenvalue weighted by Crippen LogP contribution is 2.34. The molecule has 3 aliphatic rings. The molecule has 4 rings (SSSR count). The van der Waals surface area contributed by atoms with Gasteiger partial charge in [-0.3, -0.25) is 14.6 Å². The van der Waals surface area contributed by atoms with Crippen molar-refractivity contribution in [2.75, 3.05) is 31.1 Å². The second kappa shape index (κ2) is 11.4. The zero-order chi connectivity index (χ0) is 24.1. The van der Waals surface area contributed by atoms with Crippen molar-refractivity contribution in [3.8, 4) is 0 Å². The number of anilines is 1. The van der Waals surface area contributed by atoms with E-state index >= 15 is 0 Å². The van der Waals surface area contributed by atoms with Gasteiger partial charge < -0.3 is 9.64 Å². The Morgan fingerprint density at radius 3 is 2.59 bits per heavy atom. The molecule has 0 radical (unpaired) electrons. The van der Waals surface area contributed by atoms with Crippen LogP contribution >= 0.6 is 0 Å². The number of carbonyl (C=O) groups excluding carboxylic acids is 2. The molecule has 1 unspecified atom stereocenters. The van der Waals surface area contributed by atoms with E-state index in [2.05, 4.69) is 34.6 Å². The number of carbonyl (C=O) groups is 2. The Hall–Kier alpha value is -2.34. The van der Waals surface area contributed by atoms with Crippen LogP contribution in [0.4, 0.5) is 10.5 Å². The summed E-state index contributed by atoms with van der Waals surface area (Å²) in [6.45, 7) is 11.3. The minimum absolute atomic E-state index is 0.00442. The summed E-state index contributed by atoms with van der Waals surface area (Å²) in [6, 6.07) is 6.98. The molecule has 1 atom stereocenters. The molecular formula is C28H41N3O3. The summed E-state index contributed by atoms with van der Waals surface area (Å²) in [7, 11) is 0. The van der Waals surface area contributed by atoms with Crippen molar-refractivity contribution < 1.29 is 14.3 Å². The highest BCUT2D eigenvalue weighted by molar-refractivity contribution is 5.95. The van der Waals surface area contributed by atoms with E-state index in [9.17, 15) is 9.59 Å². The van der Waals surface area contributed by atoms with Gasteiger partial charge in [0.05, 0.1) is 12.1 Å². The highest BCUT2D eigenvalue weighted by Gasteiger charge is 2.41. The monoisotopic (exact) mass is 467 g/mol. The molecule has 1 aliphatic carbocycles. The van der Waals surface area contributed by atoms with Crippen molar-refractivity contribution in [2.24, 2.45) is 0 Å².